The largest absolute Gasteiger partial charge is 0.549 e. The molecule has 1 aromatic heterocycles. The highest BCUT2D eigenvalue weighted by molar-refractivity contribution is 8.00. The van der Waals surface area contributed by atoms with Gasteiger partial charge < -0.3 is 14.3 Å². The minimum atomic E-state index is -1.18. The Kier molecular flexibility index (Phi) is 5.26. The summed E-state index contributed by atoms with van der Waals surface area (Å²) >= 11 is 1.03. The lowest BCUT2D eigenvalue weighted by molar-refractivity contribution is -0.305. The van der Waals surface area contributed by atoms with E-state index in [9.17, 15) is 9.90 Å². The number of benzene rings is 3. The van der Waals surface area contributed by atoms with E-state index in [1.807, 2.05) is 66.7 Å². The van der Waals surface area contributed by atoms with Gasteiger partial charge in [0.25, 0.3) is 5.22 Å². The van der Waals surface area contributed by atoms with Gasteiger partial charge in [-0.15, -0.1) is 0 Å². The van der Waals surface area contributed by atoms with Crippen LogP contribution in [0.15, 0.2) is 101 Å². The van der Waals surface area contributed by atoms with E-state index in [4.69, 9.17) is 4.42 Å². The van der Waals surface area contributed by atoms with Crippen LogP contribution in [0.3, 0.4) is 0 Å². The number of thioether (sulfide) groups is 1. The number of aromatic nitrogens is 1. The van der Waals surface area contributed by atoms with Crippen LogP contribution in [0.1, 0.15) is 10.8 Å². The highest BCUT2D eigenvalue weighted by Gasteiger charge is 2.22. The molecule has 0 aliphatic rings. The molecule has 3 aromatic carbocycles. The first kappa shape index (κ1) is 18.1. The SMILES string of the molecule is O=C([O-])[C@@H](Sc1nc(-c2ccccc2)c(-c2ccccc2)o1)c1ccccc1. The molecule has 0 fully saturated rings. The number of rotatable bonds is 6. The van der Waals surface area contributed by atoms with E-state index in [1.54, 1.807) is 24.3 Å². The normalized spacial score (nSPS) is 11.9. The van der Waals surface area contributed by atoms with Gasteiger partial charge in [0.2, 0.25) is 0 Å². The fourth-order valence-electron chi connectivity index (χ4n) is 2.91. The fourth-order valence-corrected chi connectivity index (χ4v) is 3.78. The average molecular weight is 386 g/mol. The number of carbonyl (C=O) groups excluding carboxylic acids is 1. The summed E-state index contributed by atoms with van der Waals surface area (Å²) in [4.78, 5) is 16.3. The third kappa shape index (κ3) is 3.85. The predicted molar refractivity (Wildman–Crippen MR) is 107 cm³/mol. The molecule has 1 heterocycles. The zero-order valence-corrected chi connectivity index (χ0v) is 15.6. The molecule has 0 aliphatic heterocycles. The first-order valence-electron chi connectivity index (χ1n) is 8.76. The van der Waals surface area contributed by atoms with Gasteiger partial charge in [-0.1, -0.05) is 103 Å². The van der Waals surface area contributed by atoms with Crippen LogP contribution in [0.5, 0.6) is 0 Å². The van der Waals surface area contributed by atoms with E-state index in [-0.39, 0.29) is 5.22 Å². The van der Waals surface area contributed by atoms with Gasteiger partial charge in [-0.2, -0.15) is 0 Å². The maximum Gasteiger partial charge on any atom is 0.257 e. The van der Waals surface area contributed by atoms with E-state index in [0.717, 1.165) is 22.9 Å². The standard InChI is InChI=1S/C23H17NO3S/c25-22(26)21(18-14-8-3-9-15-18)28-23-24-19(16-10-4-1-5-11-16)20(27-23)17-12-6-2-7-13-17/h1-15,21H,(H,25,26)/p-1/t21-/m0/s1. The van der Waals surface area contributed by atoms with E-state index in [2.05, 4.69) is 4.98 Å². The lowest BCUT2D eigenvalue weighted by Gasteiger charge is -2.15. The monoisotopic (exact) mass is 386 g/mol. The molecule has 138 valence electrons. The van der Waals surface area contributed by atoms with Crippen molar-refractivity contribution in [3.63, 3.8) is 0 Å². The molecular weight excluding hydrogens is 370 g/mol. The van der Waals surface area contributed by atoms with Crippen molar-refractivity contribution in [1.82, 2.24) is 4.98 Å². The first-order chi connectivity index (χ1) is 13.7. The second kappa shape index (κ2) is 8.15. The zero-order valence-electron chi connectivity index (χ0n) is 14.8. The molecule has 28 heavy (non-hydrogen) atoms. The van der Waals surface area contributed by atoms with Gasteiger partial charge in [-0.3, -0.25) is 0 Å². The number of carboxylic acids is 1. The third-order valence-electron chi connectivity index (χ3n) is 4.23. The van der Waals surface area contributed by atoms with Gasteiger partial charge in [-0.05, 0) is 5.56 Å². The minimum absolute atomic E-state index is 0.288. The molecule has 0 amide bonds. The number of carbonyl (C=O) groups is 1. The van der Waals surface area contributed by atoms with Crippen molar-refractivity contribution in [3.05, 3.63) is 96.6 Å². The summed E-state index contributed by atoms with van der Waals surface area (Å²) in [6.07, 6.45) is 0. The Morgan fingerprint density at radius 3 is 1.93 bits per heavy atom. The molecule has 1 atom stereocenters. The second-order valence-corrected chi connectivity index (χ2v) is 7.17. The summed E-state index contributed by atoms with van der Waals surface area (Å²) in [5.74, 6) is -0.573. The molecule has 0 aliphatic carbocycles. The molecule has 0 N–H and O–H groups in total. The number of hydrogen-bond donors (Lipinski definition) is 0. The minimum Gasteiger partial charge on any atom is -0.549 e. The Bertz CT molecular complexity index is 1010. The first-order valence-corrected chi connectivity index (χ1v) is 9.64. The Morgan fingerprint density at radius 1 is 0.821 bits per heavy atom. The van der Waals surface area contributed by atoms with Gasteiger partial charge in [0.05, 0.1) is 11.2 Å². The van der Waals surface area contributed by atoms with E-state index < -0.39 is 11.2 Å². The summed E-state index contributed by atoms with van der Waals surface area (Å²) in [5.41, 5.74) is 3.10. The Balaban J connectivity index is 1.76. The van der Waals surface area contributed by atoms with Gasteiger partial charge in [0.15, 0.2) is 5.76 Å². The third-order valence-corrected chi connectivity index (χ3v) is 5.30. The van der Waals surface area contributed by atoms with E-state index >= 15 is 0 Å². The topological polar surface area (TPSA) is 66.2 Å². The number of oxazole rings is 1. The Morgan fingerprint density at radius 2 is 1.36 bits per heavy atom. The lowest BCUT2D eigenvalue weighted by Crippen LogP contribution is -2.28. The van der Waals surface area contributed by atoms with Crippen LogP contribution in [0.4, 0.5) is 0 Å². The maximum atomic E-state index is 11.7. The number of nitrogens with zero attached hydrogens (tertiary/aromatic N) is 1. The average Bonchev–Trinajstić information content (AvgIpc) is 3.18. The molecule has 0 bridgehead atoms. The van der Waals surface area contributed by atoms with Crippen molar-refractivity contribution in [2.45, 2.75) is 10.5 Å². The molecule has 0 saturated heterocycles. The summed E-state index contributed by atoms with van der Waals surface area (Å²) in [7, 11) is 0. The number of aliphatic carboxylic acids is 1. The summed E-state index contributed by atoms with van der Waals surface area (Å²) in [6.45, 7) is 0. The van der Waals surface area contributed by atoms with Crippen LogP contribution in [0, 0.1) is 0 Å². The summed E-state index contributed by atoms with van der Waals surface area (Å²) in [6, 6.07) is 28.3. The molecule has 0 spiro atoms. The van der Waals surface area contributed by atoms with Gasteiger partial charge >= 0.3 is 0 Å². The van der Waals surface area contributed by atoms with Gasteiger partial charge in [0.1, 0.15) is 5.69 Å². The van der Waals surface area contributed by atoms with E-state index in [0.29, 0.717) is 17.0 Å². The molecule has 4 nitrogen and oxygen atoms in total. The quantitative estimate of drug-likeness (QED) is 0.453. The smallest absolute Gasteiger partial charge is 0.257 e. The van der Waals surface area contributed by atoms with Crippen LogP contribution >= 0.6 is 11.8 Å². The summed E-state index contributed by atoms with van der Waals surface area (Å²) < 4.78 is 6.02. The van der Waals surface area contributed by atoms with Gasteiger partial charge in [0, 0.05) is 11.1 Å². The van der Waals surface area contributed by atoms with Crippen molar-refractivity contribution < 1.29 is 14.3 Å². The maximum absolute atomic E-state index is 11.7. The lowest BCUT2D eigenvalue weighted by atomic mass is 10.1. The zero-order chi connectivity index (χ0) is 19.3. The van der Waals surface area contributed by atoms with Crippen LogP contribution in [-0.4, -0.2) is 11.0 Å². The second-order valence-electron chi connectivity index (χ2n) is 6.12. The molecule has 0 radical (unpaired) electrons. The molecule has 0 saturated carbocycles. The molecule has 5 heteroatoms. The van der Waals surface area contributed by atoms with Crippen LogP contribution < -0.4 is 5.11 Å². The molecule has 4 aromatic rings. The van der Waals surface area contributed by atoms with Crippen LogP contribution in [0.2, 0.25) is 0 Å². The van der Waals surface area contributed by atoms with Crippen molar-refractivity contribution in [2.75, 3.05) is 0 Å². The van der Waals surface area contributed by atoms with Crippen LogP contribution in [-0.2, 0) is 4.79 Å². The predicted octanol–water partition coefficient (Wildman–Crippen LogP) is 4.59. The molecule has 0 unspecified atom stereocenters. The number of hydrogen-bond acceptors (Lipinski definition) is 5. The van der Waals surface area contributed by atoms with Crippen molar-refractivity contribution in [2.24, 2.45) is 0 Å². The molecule has 4 rings (SSSR count). The highest BCUT2D eigenvalue weighted by atomic mass is 32.2. The van der Waals surface area contributed by atoms with Crippen molar-refractivity contribution >= 4 is 17.7 Å². The summed E-state index contributed by atoms with van der Waals surface area (Å²) in [5, 5.41) is 11.1. The van der Waals surface area contributed by atoms with Crippen LogP contribution in [0.25, 0.3) is 22.6 Å². The van der Waals surface area contributed by atoms with Crippen molar-refractivity contribution in [1.29, 1.82) is 0 Å². The highest BCUT2D eigenvalue weighted by Crippen LogP contribution is 2.40. The Hall–Kier alpha value is -3.31. The number of carboxylic acid groups (broad SMARTS) is 1. The molecular formula is C23H16NO3S-. The van der Waals surface area contributed by atoms with E-state index in [1.165, 1.54) is 0 Å². The fraction of sp³-hybridized carbons (Fsp3) is 0.0435. The van der Waals surface area contributed by atoms with Crippen molar-refractivity contribution in [3.8, 4) is 22.6 Å². The van der Waals surface area contributed by atoms with Gasteiger partial charge in [-0.25, -0.2) is 4.98 Å². The Labute approximate surface area is 166 Å².